The Morgan fingerprint density at radius 3 is 2.36 bits per heavy atom. The molecule has 1 atom stereocenters. The maximum Gasteiger partial charge on any atom is 0.227 e. The van der Waals surface area contributed by atoms with Gasteiger partial charge >= 0.3 is 0 Å². The summed E-state index contributed by atoms with van der Waals surface area (Å²) < 4.78 is 13.9. The van der Waals surface area contributed by atoms with Crippen LogP contribution in [0.1, 0.15) is 50.8 Å². The molecular weight excluding hydrogens is 414 g/mol. The van der Waals surface area contributed by atoms with Gasteiger partial charge in [-0.3, -0.25) is 4.90 Å². The molecule has 6 heteroatoms. The van der Waals surface area contributed by atoms with Gasteiger partial charge in [0.05, 0.1) is 30.2 Å². The number of hydrogen-bond donors (Lipinski definition) is 1. The average Bonchev–Trinajstić information content (AvgIpc) is 3.13. The molecule has 0 spiro atoms. The van der Waals surface area contributed by atoms with E-state index >= 15 is 0 Å². The highest BCUT2D eigenvalue weighted by molar-refractivity contribution is 5.47. The van der Waals surface area contributed by atoms with Gasteiger partial charge in [0, 0.05) is 13.1 Å². The maximum absolute atomic E-state index is 10.6. The molecule has 0 unspecified atom stereocenters. The molecule has 178 valence electrons. The van der Waals surface area contributed by atoms with E-state index in [1.807, 2.05) is 66.2 Å². The fraction of sp³-hybridized carbons (Fsp3) is 0.444. The summed E-state index contributed by atoms with van der Waals surface area (Å²) in [6.45, 7) is 8.52. The van der Waals surface area contributed by atoms with Crippen LogP contribution in [0.2, 0.25) is 0 Å². The van der Waals surface area contributed by atoms with Crippen molar-refractivity contribution >= 4 is 0 Å². The molecule has 0 saturated heterocycles. The molecule has 0 fully saturated rings. The number of hydrogen-bond acceptors (Lipinski definition) is 5. The summed E-state index contributed by atoms with van der Waals surface area (Å²) in [6.07, 6.45) is 3.62. The first kappa shape index (κ1) is 24.8. The Morgan fingerprint density at radius 2 is 1.70 bits per heavy atom. The van der Waals surface area contributed by atoms with Gasteiger partial charge < -0.3 is 14.6 Å². The lowest BCUT2D eigenvalue weighted by atomic mass is 10.1. The minimum Gasteiger partial charge on any atom is -0.493 e. The molecule has 1 aromatic heterocycles. The molecule has 0 aliphatic rings. The monoisotopic (exact) mass is 451 g/mol. The van der Waals surface area contributed by atoms with E-state index in [1.54, 1.807) is 7.11 Å². The lowest BCUT2D eigenvalue weighted by molar-refractivity contribution is 0.0990. The first-order chi connectivity index (χ1) is 16.1. The van der Waals surface area contributed by atoms with E-state index < -0.39 is 0 Å². The molecular formula is C27H37N3O3. The Morgan fingerprint density at radius 1 is 1.00 bits per heavy atom. The predicted octanol–water partition coefficient (Wildman–Crippen LogP) is 5.74. The summed E-state index contributed by atoms with van der Waals surface area (Å²) in [6, 6.07) is 17.7. The smallest absolute Gasteiger partial charge is 0.227 e. The van der Waals surface area contributed by atoms with Crippen LogP contribution in [-0.4, -0.2) is 46.1 Å². The molecule has 0 aliphatic carbocycles. The van der Waals surface area contributed by atoms with Crippen LogP contribution in [0.3, 0.4) is 0 Å². The molecule has 3 rings (SSSR count). The second kappa shape index (κ2) is 12.4. The normalized spacial score (nSPS) is 12.2. The zero-order valence-electron chi connectivity index (χ0n) is 20.3. The zero-order chi connectivity index (χ0) is 23.6. The molecule has 1 heterocycles. The van der Waals surface area contributed by atoms with E-state index in [2.05, 4.69) is 18.7 Å². The highest BCUT2D eigenvalue weighted by Crippen LogP contribution is 2.36. The van der Waals surface area contributed by atoms with Gasteiger partial charge in [0.15, 0.2) is 11.5 Å². The number of aliphatic hydroxyl groups excluding tert-OH is 1. The Bertz CT molecular complexity index is 988. The molecule has 3 aromatic rings. The van der Waals surface area contributed by atoms with Crippen LogP contribution in [0.15, 0.2) is 54.6 Å². The number of aliphatic hydroxyl groups is 1. The number of nitrogens with zero attached hydrogens (tertiary/aromatic N) is 3. The second-order valence-electron chi connectivity index (χ2n) is 8.40. The fourth-order valence-electron chi connectivity index (χ4n) is 3.98. The van der Waals surface area contributed by atoms with E-state index in [0.717, 1.165) is 49.2 Å². The third kappa shape index (κ3) is 6.59. The number of methoxy groups -OCH3 is 1. The maximum atomic E-state index is 10.6. The third-order valence-electron chi connectivity index (χ3n) is 5.70. The van der Waals surface area contributed by atoms with Crippen molar-refractivity contribution in [1.29, 1.82) is 0 Å². The van der Waals surface area contributed by atoms with Gasteiger partial charge in [0.2, 0.25) is 5.88 Å². The van der Waals surface area contributed by atoms with Crippen LogP contribution in [0.25, 0.3) is 5.69 Å². The first-order valence-corrected chi connectivity index (χ1v) is 11.9. The number of benzene rings is 2. The van der Waals surface area contributed by atoms with Crippen molar-refractivity contribution in [2.24, 2.45) is 0 Å². The van der Waals surface area contributed by atoms with E-state index in [9.17, 15) is 5.11 Å². The first-order valence-electron chi connectivity index (χ1n) is 11.9. The minimum absolute atomic E-state index is 0.334. The van der Waals surface area contributed by atoms with Crippen molar-refractivity contribution in [3.63, 3.8) is 0 Å². The van der Waals surface area contributed by atoms with Gasteiger partial charge in [-0.05, 0) is 50.6 Å². The van der Waals surface area contributed by atoms with Crippen molar-refractivity contribution in [2.45, 2.75) is 59.1 Å². The molecule has 33 heavy (non-hydrogen) atoms. The van der Waals surface area contributed by atoms with Crippen LogP contribution < -0.4 is 9.47 Å². The number of rotatable bonds is 13. The molecule has 0 radical (unpaired) electrons. The van der Waals surface area contributed by atoms with Crippen molar-refractivity contribution in [2.75, 3.05) is 20.2 Å². The number of ether oxygens (including phenoxy) is 2. The average molecular weight is 452 g/mol. The van der Waals surface area contributed by atoms with E-state index in [0.29, 0.717) is 30.5 Å². The highest BCUT2D eigenvalue weighted by atomic mass is 16.5. The summed E-state index contributed by atoms with van der Waals surface area (Å²) in [5.41, 5.74) is 2.86. The Balaban J connectivity index is 1.98. The van der Waals surface area contributed by atoms with Crippen molar-refractivity contribution in [3.05, 3.63) is 65.9 Å². The molecule has 0 amide bonds. The Hall–Kier alpha value is -2.83. The molecule has 0 bridgehead atoms. The minimum atomic E-state index is -0.334. The van der Waals surface area contributed by atoms with E-state index in [1.165, 1.54) is 0 Å². The third-order valence-corrected chi connectivity index (χ3v) is 5.70. The van der Waals surface area contributed by atoms with Crippen LogP contribution in [0.4, 0.5) is 0 Å². The Kier molecular flexibility index (Phi) is 9.34. The molecule has 2 aromatic carbocycles. The molecule has 6 nitrogen and oxygen atoms in total. The van der Waals surface area contributed by atoms with Gasteiger partial charge in [-0.15, -0.1) is 0 Å². The molecule has 0 aliphatic heterocycles. The highest BCUT2D eigenvalue weighted by Gasteiger charge is 2.23. The number of aromatic nitrogens is 2. The second-order valence-corrected chi connectivity index (χ2v) is 8.40. The zero-order valence-corrected chi connectivity index (χ0v) is 20.3. The lowest BCUT2D eigenvalue weighted by Crippen LogP contribution is -2.33. The van der Waals surface area contributed by atoms with Gasteiger partial charge in [0.1, 0.15) is 0 Å². The van der Waals surface area contributed by atoms with Crippen molar-refractivity contribution < 1.29 is 14.6 Å². The van der Waals surface area contributed by atoms with Gasteiger partial charge in [-0.25, -0.2) is 4.68 Å². The van der Waals surface area contributed by atoms with Crippen LogP contribution in [0, 0.1) is 6.92 Å². The molecule has 1 N–H and O–H groups in total. The van der Waals surface area contributed by atoms with Gasteiger partial charge in [-0.1, -0.05) is 57.0 Å². The van der Waals surface area contributed by atoms with E-state index in [-0.39, 0.29) is 6.10 Å². The van der Waals surface area contributed by atoms with Crippen LogP contribution in [0.5, 0.6) is 17.4 Å². The summed E-state index contributed by atoms with van der Waals surface area (Å²) in [4.78, 5) is 2.30. The van der Waals surface area contributed by atoms with Gasteiger partial charge in [-0.2, -0.15) is 5.10 Å². The standard InChI is InChI=1S/C27H37N3O3/c1-5-7-15-23(31)19-29(18-6-2)20-24-21(3)28-30(22-13-9-8-10-14-22)27(24)33-26-17-12-11-16-25(26)32-4/h8-14,16-17,23,31H,5-7,15,18-20H2,1-4H3/t23-/m1/s1. The number of para-hydroxylation sites is 3. The predicted molar refractivity (Wildman–Crippen MR) is 132 cm³/mol. The van der Waals surface area contributed by atoms with Gasteiger partial charge in [0.25, 0.3) is 0 Å². The largest absolute Gasteiger partial charge is 0.493 e. The topological polar surface area (TPSA) is 59.8 Å². The lowest BCUT2D eigenvalue weighted by Gasteiger charge is -2.25. The number of aryl methyl sites for hydroxylation is 1. The summed E-state index contributed by atoms with van der Waals surface area (Å²) >= 11 is 0. The summed E-state index contributed by atoms with van der Waals surface area (Å²) in [7, 11) is 1.64. The van der Waals surface area contributed by atoms with Crippen LogP contribution in [-0.2, 0) is 6.54 Å². The van der Waals surface area contributed by atoms with E-state index in [4.69, 9.17) is 14.6 Å². The Labute approximate surface area is 197 Å². The quantitative estimate of drug-likeness (QED) is 0.359. The fourth-order valence-corrected chi connectivity index (χ4v) is 3.98. The number of unbranched alkanes of at least 4 members (excludes halogenated alkanes) is 1. The van der Waals surface area contributed by atoms with Crippen molar-refractivity contribution in [3.8, 4) is 23.1 Å². The van der Waals surface area contributed by atoms with Crippen LogP contribution >= 0.6 is 0 Å². The SMILES string of the molecule is CCCC[C@@H](O)CN(CCC)Cc1c(C)nn(-c2ccccc2)c1Oc1ccccc1OC. The van der Waals surface area contributed by atoms with Crippen molar-refractivity contribution in [1.82, 2.24) is 14.7 Å². The molecule has 0 saturated carbocycles. The summed E-state index contributed by atoms with van der Waals surface area (Å²) in [5.74, 6) is 1.98. The summed E-state index contributed by atoms with van der Waals surface area (Å²) in [5, 5.41) is 15.4.